The molecular weight excluding hydrogens is 464 g/mol. The van der Waals surface area contributed by atoms with E-state index < -0.39 is 22.0 Å². The van der Waals surface area contributed by atoms with Crippen LogP contribution in [0.2, 0.25) is 5.02 Å². The van der Waals surface area contributed by atoms with Crippen LogP contribution in [0.3, 0.4) is 0 Å². The molecule has 7 nitrogen and oxygen atoms in total. The van der Waals surface area contributed by atoms with Crippen molar-refractivity contribution in [3.05, 3.63) is 83.4 Å². The minimum Gasteiger partial charge on any atom is -0.495 e. The van der Waals surface area contributed by atoms with Crippen LogP contribution in [0.15, 0.2) is 77.7 Å². The molecule has 0 saturated heterocycles. The number of amides is 1. The number of para-hydroxylation sites is 2. The number of hydrogen-bond donors (Lipinski definition) is 2. The fourth-order valence-corrected chi connectivity index (χ4v) is 4.72. The second kappa shape index (κ2) is 11.2. The third kappa shape index (κ3) is 6.47. The molecule has 0 fully saturated rings. The molecule has 1 amide bonds. The molecule has 174 valence electrons. The molecule has 0 aliphatic heterocycles. The molecule has 3 aromatic rings. The number of sulfonamides is 1. The minimum atomic E-state index is -4.07. The van der Waals surface area contributed by atoms with E-state index in [4.69, 9.17) is 21.1 Å². The standard InChI is InChI=1S/C24H25ClN2O5S/c1-3-32-23-12-8-7-11-20(23)26-24(28)21(15-17-9-5-4-6-10-17)27-33(29,30)18-13-14-22(31-2)19(25)16-18/h4-14,16,21,27H,3,15H2,1-2H3,(H,26,28). The largest absolute Gasteiger partial charge is 0.495 e. The molecule has 1 atom stereocenters. The highest BCUT2D eigenvalue weighted by Crippen LogP contribution is 2.27. The Balaban J connectivity index is 1.89. The summed E-state index contributed by atoms with van der Waals surface area (Å²) in [6.45, 7) is 2.26. The number of rotatable bonds is 10. The molecule has 0 aliphatic carbocycles. The van der Waals surface area contributed by atoms with Crippen LogP contribution in [0.25, 0.3) is 0 Å². The van der Waals surface area contributed by atoms with Gasteiger partial charge in [-0.25, -0.2) is 8.42 Å². The average Bonchev–Trinajstić information content (AvgIpc) is 2.80. The van der Waals surface area contributed by atoms with Crippen LogP contribution in [-0.2, 0) is 21.2 Å². The maximum atomic E-state index is 13.2. The first-order chi connectivity index (χ1) is 15.8. The van der Waals surface area contributed by atoms with Crippen LogP contribution in [0.1, 0.15) is 12.5 Å². The van der Waals surface area contributed by atoms with E-state index in [-0.39, 0.29) is 16.3 Å². The molecule has 0 aliphatic rings. The second-order valence-electron chi connectivity index (χ2n) is 7.08. The Morgan fingerprint density at radius 1 is 1.00 bits per heavy atom. The normalized spacial score (nSPS) is 12.1. The van der Waals surface area contributed by atoms with E-state index in [1.54, 1.807) is 24.3 Å². The fraction of sp³-hybridized carbons (Fsp3) is 0.208. The van der Waals surface area contributed by atoms with Gasteiger partial charge in [-0.3, -0.25) is 4.79 Å². The Kier molecular flexibility index (Phi) is 8.32. The maximum Gasteiger partial charge on any atom is 0.243 e. The Bertz CT molecular complexity index is 1200. The molecule has 0 spiro atoms. The van der Waals surface area contributed by atoms with Gasteiger partial charge in [0.25, 0.3) is 0 Å². The number of carbonyl (C=O) groups excluding carboxylic acids is 1. The van der Waals surface area contributed by atoms with Crippen LogP contribution in [0, 0.1) is 0 Å². The molecule has 0 radical (unpaired) electrons. The molecule has 33 heavy (non-hydrogen) atoms. The first kappa shape index (κ1) is 24.6. The highest BCUT2D eigenvalue weighted by Gasteiger charge is 2.27. The number of ether oxygens (including phenoxy) is 2. The number of methoxy groups -OCH3 is 1. The summed E-state index contributed by atoms with van der Waals surface area (Å²) >= 11 is 6.11. The van der Waals surface area contributed by atoms with Crippen LogP contribution < -0.4 is 19.5 Å². The monoisotopic (exact) mass is 488 g/mol. The van der Waals surface area contributed by atoms with Crippen molar-refractivity contribution in [2.45, 2.75) is 24.3 Å². The van der Waals surface area contributed by atoms with E-state index in [0.717, 1.165) is 5.56 Å². The van der Waals surface area contributed by atoms with Gasteiger partial charge in [0.2, 0.25) is 15.9 Å². The summed E-state index contributed by atoms with van der Waals surface area (Å²) in [5, 5.41) is 2.93. The maximum absolute atomic E-state index is 13.2. The fourth-order valence-electron chi connectivity index (χ4n) is 3.18. The summed E-state index contributed by atoms with van der Waals surface area (Å²) in [5.74, 6) is 0.326. The summed E-state index contributed by atoms with van der Waals surface area (Å²) in [6.07, 6.45) is 0.145. The SMILES string of the molecule is CCOc1ccccc1NC(=O)C(Cc1ccccc1)NS(=O)(=O)c1ccc(OC)c(Cl)c1. The molecule has 0 heterocycles. The highest BCUT2D eigenvalue weighted by atomic mass is 35.5. The predicted molar refractivity (Wildman–Crippen MR) is 129 cm³/mol. The Morgan fingerprint density at radius 3 is 2.36 bits per heavy atom. The van der Waals surface area contributed by atoms with Crippen molar-refractivity contribution >= 4 is 33.2 Å². The van der Waals surface area contributed by atoms with Gasteiger partial charge in [0.1, 0.15) is 17.5 Å². The van der Waals surface area contributed by atoms with Crippen molar-refractivity contribution in [1.29, 1.82) is 0 Å². The number of carbonyl (C=O) groups is 1. The van der Waals surface area contributed by atoms with Crippen molar-refractivity contribution in [3.63, 3.8) is 0 Å². The van der Waals surface area contributed by atoms with Gasteiger partial charge in [-0.05, 0) is 49.2 Å². The van der Waals surface area contributed by atoms with E-state index >= 15 is 0 Å². The zero-order valence-electron chi connectivity index (χ0n) is 18.2. The van der Waals surface area contributed by atoms with Crippen LogP contribution >= 0.6 is 11.6 Å². The Morgan fingerprint density at radius 2 is 1.70 bits per heavy atom. The molecule has 0 bridgehead atoms. The van der Waals surface area contributed by atoms with E-state index in [2.05, 4.69) is 10.0 Å². The molecule has 3 rings (SSSR count). The molecule has 0 saturated carbocycles. The van der Waals surface area contributed by atoms with Crippen LogP contribution in [0.4, 0.5) is 5.69 Å². The zero-order valence-corrected chi connectivity index (χ0v) is 19.8. The van der Waals surface area contributed by atoms with Crippen LogP contribution in [0.5, 0.6) is 11.5 Å². The third-order valence-corrected chi connectivity index (χ3v) is 6.54. The number of anilines is 1. The van der Waals surface area contributed by atoms with Gasteiger partial charge >= 0.3 is 0 Å². The topological polar surface area (TPSA) is 93.7 Å². The smallest absolute Gasteiger partial charge is 0.243 e. The summed E-state index contributed by atoms with van der Waals surface area (Å²) in [5.41, 5.74) is 1.25. The molecule has 1 unspecified atom stereocenters. The highest BCUT2D eigenvalue weighted by molar-refractivity contribution is 7.89. The molecule has 0 aromatic heterocycles. The van der Waals surface area contributed by atoms with E-state index in [9.17, 15) is 13.2 Å². The van der Waals surface area contributed by atoms with Crippen LogP contribution in [-0.4, -0.2) is 34.1 Å². The first-order valence-corrected chi connectivity index (χ1v) is 12.1. The molecule has 9 heteroatoms. The van der Waals surface area contributed by atoms with Gasteiger partial charge in [0.15, 0.2) is 0 Å². The summed E-state index contributed by atoms with van der Waals surface area (Å²) in [7, 11) is -2.63. The van der Waals surface area contributed by atoms with E-state index in [0.29, 0.717) is 23.8 Å². The Labute approximate surface area is 198 Å². The number of halogens is 1. The van der Waals surface area contributed by atoms with Gasteiger partial charge in [0, 0.05) is 0 Å². The first-order valence-electron chi connectivity index (χ1n) is 10.3. The minimum absolute atomic E-state index is 0.0751. The number of hydrogen-bond acceptors (Lipinski definition) is 5. The van der Waals surface area contributed by atoms with Crippen molar-refractivity contribution in [3.8, 4) is 11.5 Å². The summed E-state index contributed by atoms with van der Waals surface area (Å²) in [6, 6.07) is 19.1. The van der Waals surface area contributed by atoms with Gasteiger partial charge in [0.05, 0.1) is 29.3 Å². The van der Waals surface area contributed by atoms with Crippen molar-refractivity contribution < 1.29 is 22.7 Å². The van der Waals surface area contributed by atoms with Gasteiger partial charge < -0.3 is 14.8 Å². The second-order valence-corrected chi connectivity index (χ2v) is 9.20. The van der Waals surface area contributed by atoms with Crippen molar-refractivity contribution in [2.24, 2.45) is 0 Å². The quantitative estimate of drug-likeness (QED) is 0.444. The lowest BCUT2D eigenvalue weighted by Gasteiger charge is -2.20. The average molecular weight is 489 g/mol. The molecule has 3 aromatic carbocycles. The number of nitrogens with one attached hydrogen (secondary N) is 2. The lowest BCUT2D eigenvalue weighted by atomic mass is 10.1. The van der Waals surface area contributed by atoms with Crippen molar-refractivity contribution in [1.82, 2.24) is 4.72 Å². The Hall–Kier alpha value is -3.07. The predicted octanol–water partition coefficient (Wildman–Crippen LogP) is 4.28. The third-order valence-electron chi connectivity index (χ3n) is 4.77. The lowest BCUT2D eigenvalue weighted by molar-refractivity contribution is -0.117. The van der Waals surface area contributed by atoms with Gasteiger partial charge in [-0.15, -0.1) is 0 Å². The summed E-state index contributed by atoms with van der Waals surface area (Å²) < 4.78 is 39.4. The zero-order chi connectivity index (χ0) is 23.8. The lowest BCUT2D eigenvalue weighted by Crippen LogP contribution is -2.45. The number of benzene rings is 3. The van der Waals surface area contributed by atoms with E-state index in [1.807, 2.05) is 37.3 Å². The van der Waals surface area contributed by atoms with Crippen molar-refractivity contribution in [2.75, 3.05) is 19.0 Å². The molecular formula is C24H25ClN2O5S. The van der Waals surface area contributed by atoms with Gasteiger partial charge in [-0.1, -0.05) is 54.1 Å². The van der Waals surface area contributed by atoms with E-state index in [1.165, 1.54) is 25.3 Å². The molecule has 2 N–H and O–H groups in total. The van der Waals surface area contributed by atoms with Gasteiger partial charge in [-0.2, -0.15) is 4.72 Å². The summed E-state index contributed by atoms with van der Waals surface area (Å²) in [4.78, 5) is 13.1.